The molecule has 0 aromatic heterocycles. The molecule has 1 aliphatic heterocycles. The minimum atomic E-state index is -0.419. The summed E-state index contributed by atoms with van der Waals surface area (Å²) < 4.78 is 27.0. The lowest BCUT2D eigenvalue weighted by Gasteiger charge is -2.27. The van der Waals surface area contributed by atoms with Crippen LogP contribution >= 0.6 is 0 Å². The minimum absolute atomic E-state index is 0.0311. The van der Waals surface area contributed by atoms with Crippen molar-refractivity contribution >= 4 is 5.78 Å². The highest BCUT2D eigenvalue weighted by Gasteiger charge is 2.35. The van der Waals surface area contributed by atoms with Crippen molar-refractivity contribution in [3.8, 4) is 34.5 Å². The first-order chi connectivity index (χ1) is 13.0. The largest absolute Gasteiger partial charge is 0.504 e. The van der Waals surface area contributed by atoms with Gasteiger partial charge < -0.3 is 28.8 Å². The van der Waals surface area contributed by atoms with Crippen LogP contribution in [0, 0.1) is 5.92 Å². The second-order valence-electron chi connectivity index (χ2n) is 6.10. The molecule has 1 N–H and O–H groups in total. The summed E-state index contributed by atoms with van der Waals surface area (Å²) in [7, 11) is 5.94. The number of ether oxygens (including phenoxy) is 5. The van der Waals surface area contributed by atoms with Gasteiger partial charge in [-0.2, -0.15) is 0 Å². The molecule has 144 valence electrons. The topological polar surface area (TPSA) is 83.5 Å². The fourth-order valence-electron chi connectivity index (χ4n) is 3.25. The zero-order valence-corrected chi connectivity index (χ0v) is 15.7. The minimum Gasteiger partial charge on any atom is -0.504 e. The van der Waals surface area contributed by atoms with Crippen molar-refractivity contribution < 1.29 is 33.6 Å². The predicted molar refractivity (Wildman–Crippen MR) is 97.8 cm³/mol. The number of phenolic OH excluding ortho intramolecular Hbond substituents is 1. The standard InChI is InChI=1S/C20H22O7/c1-23-14-6-5-11(8-13(14)21)7-12-10-27-15-9-16(24-2)19(25-3)20(26-4)17(15)18(12)22/h5-6,8-9,12,21H,7,10H2,1-4H3. The second kappa shape index (κ2) is 7.65. The number of carbonyl (C=O) groups is 1. The summed E-state index contributed by atoms with van der Waals surface area (Å²) in [5.74, 6) is 1.36. The lowest BCUT2D eigenvalue weighted by molar-refractivity contribution is 0.0823. The van der Waals surface area contributed by atoms with E-state index in [1.54, 1.807) is 18.2 Å². The summed E-state index contributed by atoms with van der Waals surface area (Å²) >= 11 is 0. The fraction of sp³-hybridized carbons (Fsp3) is 0.350. The number of methoxy groups -OCH3 is 4. The van der Waals surface area contributed by atoms with E-state index in [0.29, 0.717) is 40.7 Å². The highest BCUT2D eigenvalue weighted by atomic mass is 16.5. The maximum Gasteiger partial charge on any atom is 0.204 e. The molecule has 1 heterocycles. The highest BCUT2D eigenvalue weighted by molar-refractivity contribution is 6.05. The average Bonchev–Trinajstić information content (AvgIpc) is 2.68. The molecular formula is C20H22O7. The summed E-state index contributed by atoms with van der Waals surface area (Å²) in [6.07, 6.45) is 0.410. The Morgan fingerprint density at radius 3 is 2.30 bits per heavy atom. The third-order valence-electron chi connectivity index (χ3n) is 4.58. The van der Waals surface area contributed by atoms with E-state index in [1.165, 1.54) is 28.4 Å². The number of ketones is 1. The molecule has 7 nitrogen and oxygen atoms in total. The molecule has 0 amide bonds. The number of rotatable bonds is 6. The van der Waals surface area contributed by atoms with Crippen LogP contribution in [0.15, 0.2) is 24.3 Å². The molecule has 2 aromatic rings. The van der Waals surface area contributed by atoms with E-state index in [2.05, 4.69) is 0 Å². The molecule has 0 bridgehead atoms. The number of fused-ring (bicyclic) bond motifs is 1. The zero-order valence-electron chi connectivity index (χ0n) is 15.7. The Morgan fingerprint density at radius 2 is 1.70 bits per heavy atom. The Labute approximate surface area is 157 Å². The third kappa shape index (κ3) is 3.32. The van der Waals surface area contributed by atoms with E-state index in [9.17, 15) is 9.90 Å². The molecule has 0 spiro atoms. The van der Waals surface area contributed by atoms with Crippen molar-refractivity contribution in [3.63, 3.8) is 0 Å². The van der Waals surface area contributed by atoms with Crippen molar-refractivity contribution in [2.75, 3.05) is 35.0 Å². The molecule has 7 heteroatoms. The Balaban J connectivity index is 1.95. The predicted octanol–water partition coefficient (Wildman–Crippen LogP) is 2.86. The van der Waals surface area contributed by atoms with Crippen LogP contribution in [0.3, 0.4) is 0 Å². The Hall–Kier alpha value is -3.09. The van der Waals surface area contributed by atoms with Gasteiger partial charge in [0.15, 0.2) is 28.8 Å². The van der Waals surface area contributed by atoms with Crippen LogP contribution in [0.2, 0.25) is 0 Å². The van der Waals surface area contributed by atoms with Crippen LogP contribution in [0.25, 0.3) is 0 Å². The van der Waals surface area contributed by atoms with Gasteiger partial charge in [-0.05, 0) is 24.1 Å². The van der Waals surface area contributed by atoms with Gasteiger partial charge >= 0.3 is 0 Å². The molecule has 1 aliphatic rings. The van der Waals surface area contributed by atoms with E-state index < -0.39 is 5.92 Å². The Morgan fingerprint density at radius 1 is 1.00 bits per heavy atom. The summed E-state index contributed by atoms with van der Waals surface area (Å²) in [6, 6.07) is 6.70. The summed E-state index contributed by atoms with van der Waals surface area (Å²) in [5, 5.41) is 9.96. The quantitative estimate of drug-likeness (QED) is 0.832. The number of carbonyl (C=O) groups excluding carboxylic acids is 1. The summed E-state index contributed by atoms with van der Waals surface area (Å²) in [5.41, 5.74) is 1.14. The zero-order chi connectivity index (χ0) is 19.6. The van der Waals surface area contributed by atoms with Gasteiger partial charge in [-0.15, -0.1) is 0 Å². The van der Waals surface area contributed by atoms with Gasteiger partial charge in [-0.1, -0.05) is 6.07 Å². The first-order valence-electron chi connectivity index (χ1n) is 8.39. The van der Waals surface area contributed by atoms with Crippen molar-refractivity contribution in [3.05, 3.63) is 35.4 Å². The normalized spacial score (nSPS) is 15.6. The van der Waals surface area contributed by atoms with Gasteiger partial charge in [0.2, 0.25) is 5.75 Å². The number of benzene rings is 2. The number of aromatic hydroxyl groups is 1. The van der Waals surface area contributed by atoms with Crippen LogP contribution in [0.4, 0.5) is 0 Å². The number of phenols is 1. The van der Waals surface area contributed by atoms with Crippen LogP contribution in [0.1, 0.15) is 15.9 Å². The lowest BCUT2D eigenvalue weighted by atomic mass is 9.88. The van der Waals surface area contributed by atoms with Crippen LogP contribution in [-0.2, 0) is 6.42 Å². The third-order valence-corrected chi connectivity index (χ3v) is 4.58. The van der Waals surface area contributed by atoms with E-state index in [1.807, 2.05) is 6.07 Å². The van der Waals surface area contributed by atoms with Gasteiger partial charge in [-0.3, -0.25) is 4.79 Å². The summed E-state index contributed by atoms with van der Waals surface area (Å²) in [6.45, 7) is 0.220. The van der Waals surface area contributed by atoms with Crippen molar-refractivity contribution in [2.24, 2.45) is 5.92 Å². The Bertz CT molecular complexity index is 860. The molecule has 0 saturated carbocycles. The SMILES string of the molecule is COc1ccc(CC2COc3cc(OC)c(OC)c(OC)c3C2=O)cc1O. The van der Waals surface area contributed by atoms with Gasteiger partial charge in [0.25, 0.3) is 0 Å². The molecule has 0 fully saturated rings. The fourth-order valence-corrected chi connectivity index (χ4v) is 3.25. The maximum absolute atomic E-state index is 13.1. The molecular weight excluding hydrogens is 352 g/mol. The van der Waals surface area contributed by atoms with Crippen molar-refractivity contribution in [1.82, 2.24) is 0 Å². The van der Waals surface area contributed by atoms with Gasteiger partial charge in [0.1, 0.15) is 11.3 Å². The van der Waals surface area contributed by atoms with Crippen LogP contribution < -0.4 is 23.7 Å². The van der Waals surface area contributed by atoms with E-state index in [4.69, 9.17) is 23.7 Å². The molecule has 1 atom stereocenters. The van der Waals surface area contributed by atoms with Gasteiger partial charge in [0, 0.05) is 6.07 Å². The molecule has 0 radical (unpaired) electrons. The number of hydrogen-bond acceptors (Lipinski definition) is 7. The van der Waals surface area contributed by atoms with Crippen LogP contribution in [-0.4, -0.2) is 45.9 Å². The number of Topliss-reactive ketones (excluding diaryl/α,β-unsaturated/α-hetero) is 1. The first kappa shape index (κ1) is 18.7. The lowest BCUT2D eigenvalue weighted by Crippen LogP contribution is -2.30. The van der Waals surface area contributed by atoms with Gasteiger partial charge in [-0.25, -0.2) is 0 Å². The van der Waals surface area contributed by atoms with E-state index in [-0.39, 0.29) is 18.1 Å². The second-order valence-corrected chi connectivity index (χ2v) is 6.10. The molecule has 0 aliphatic carbocycles. The van der Waals surface area contributed by atoms with E-state index in [0.717, 1.165) is 5.56 Å². The molecule has 27 heavy (non-hydrogen) atoms. The summed E-state index contributed by atoms with van der Waals surface area (Å²) in [4.78, 5) is 13.1. The first-order valence-corrected chi connectivity index (χ1v) is 8.39. The van der Waals surface area contributed by atoms with Crippen molar-refractivity contribution in [2.45, 2.75) is 6.42 Å². The van der Waals surface area contributed by atoms with Gasteiger partial charge in [0.05, 0.1) is 41.0 Å². The molecule has 1 unspecified atom stereocenters. The van der Waals surface area contributed by atoms with Crippen LogP contribution in [0.5, 0.6) is 34.5 Å². The molecule has 0 saturated heterocycles. The van der Waals surface area contributed by atoms with Crippen molar-refractivity contribution in [1.29, 1.82) is 0 Å². The average molecular weight is 374 g/mol. The Kier molecular flexibility index (Phi) is 5.30. The monoisotopic (exact) mass is 374 g/mol. The smallest absolute Gasteiger partial charge is 0.204 e. The van der Waals surface area contributed by atoms with E-state index >= 15 is 0 Å². The maximum atomic E-state index is 13.1. The molecule has 3 rings (SSSR count). The number of hydrogen-bond donors (Lipinski definition) is 1. The molecule has 2 aromatic carbocycles. The highest BCUT2D eigenvalue weighted by Crippen LogP contribution is 2.47.